The van der Waals surface area contributed by atoms with Gasteiger partial charge in [0, 0.05) is 37.2 Å². The first-order valence-electron chi connectivity index (χ1n) is 6.84. The standard InChI is InChI=1S/C15H24N2S/c1-12(2)13-3-5-14(6-4-13)15(11-16)17-7-9-18-10-8-17/h3-6,12,15H,7-11,16H2,1-2H3. The predicted molar refractivity (Wildman–Crippen MR) is 81.2 cm³/mol. The molecule has 0 aliphatic carbocycles. The first kappa shape index (κ1) is 13.9. The van der Waals surface area contributed by atoms with Crippen molar-refractivity contribution in [2.45, 2.75) is 25.8 Å². The normalized spacial score (nSPS) is 19.1. The Morgan fingerprint density at radius 1 is 1.11 bits per heavy atom. The van der Waals surface area contributed by atoms with Gasteiger partial charge in [-0.1, -0.05) is 38.1 Å². The molecule has 2 nitrogen and oxygen atoms in total. The summed E-state index contributed by atoms with van der Waals surface area (Å²) in [7, 11) is 0. The SMILES string of the molecule is CC(C)c1ccc(C(CN)N2CCSCC2)cc1. The van der Waals surface area contributed by atoms with E-state index in [0.29, 0.717) is 18.5 Å². The monoisotopic (exact) mass is 264 g/mol. The molecule has 1 fully saturated rings. The van der Waals surface area contributed by atoms with Crippen molar-refractivity contribution in [2.75, 3.05) is 31.1 Å². The van der Waals surface area contributed by atoms with Crippen LogP contribution in [0.5, 0.6) is 0 Å². The summed E-state index contributed by atoms with van der Waals surface area (Å²) in [5.74, 6) is 3.07. The third-order valence-corrected chi connectivity index (χ3v) is 4.64. The Hall–Kier alpha value is -0.510. The van der Waals surface area contributed by atoms with Crippen LogP contribution in [0.1, 0.15) is 36.9 Å². The summed E-state index contributed by atoms with van der Waals surface area (Å²) in [4.78, 5) is 2.53. The number of thioether (sulfide) groups is 1. The number of nitrogens with zero attached hydrogens (tertiary/aromatic N) is 1. The van der Waals surface area contributed by atoms with Crippen LogP contribution in [-0.4, -0.2) is 36.0 Å². The molecule has 0 amide bonds. The number of hydrogen-bond acceptors (Lipinski definition) is 3. The van der Waals surface area contributed by atoms with E-state index in [9.17, 15) is 0 Å². The predicted octanol–water partition coefficient (Wildman–Crippen LogP) is 2.86. The minimum Gasteiger partial charge on any atom is -0.329 e. The fourth-order valence-corrected chi connectivity index (χ4v) is 3.42. The molecule has 0 saturated carbocycles. The van der Waals surface area contributed by atoms with E-state index in [1.54, 1.807) is 0 Å². The highest BCUT2D eigenvalue weighted by Gasteiger charge is 2.21. The zero-order valence-electron chi connectivity index (χ0n) is 11.4. The van der Waals surface area contributed by atoms with Crippen molar-refractivity contribution in [1.29, 1.82) is 0 Å². The molecule has 0 bridgehead atoms. The molecular weight excluding hydrogens is 240 g/mol. The van der Waals surface area contributed by atoms with Gasteiger partial charge in [-0.15, -0.1) is 0 Å². The van der Waals surface area contributed by atoms with Crippen LogP contribution in [-0.2, 0) is 0 Å². The van der Waals surface area contributed by atoms with E-state index in [-0.39, 0.29) is 0 Å². The summed E-state index contributed by atoms with van der Waals surface area (Å²) < 4.78 is 0. The second-order valence-electron chi connectivity index (χ2n) is 5.22. The van der Waals surface area contributed by atoms with Gasteiger partial charge in [0.15, 0.2) is 0 Å². The van der Waals surface area contributed by atoms with E-state index in [1.807, 2.05) is 11.8 Å². The molecule has 100 valence electrons. The molecule has 2 N–H and O–H groups in total. The van der Waals surface area contributed by atoms with Gasteiger partial charge in [0.1, 0.15) is 0 Å². The lowest BCUT2D eigenvalue weighted by molar-refractivity contribution is 0.223. The van der Waals surface area contributed by atoms with Crippen molar-refractivity contribution >= 4 is 11.8 Å². The lowest BCUT2D eigenvalue weighted by Crippen LogP contribution is -2.39. The number of nitrogens with two attached hydrogens (primary N) is 1. The molecule has 1 heterocycles. The summed E-state index contributed by atoms with van der Waals surface area (Å²) in [5.41, 5.74) is 8.76. The van der Waals surface area contributed by atoms with E-state index in [2.05, 4.69) is 43.0 Å². The fourth-order valence-electron chi connectivity index (χ4n) is 2.49. The van der Waals surface area contributed by atoms with Crippen LogP contribution in [0.25, 0.3) is 0 Å². The van der Waals surface area contributed by atoms with Crippen LogP contribution in [0.3, 0.4) is 0 Å². The zero-order valence-corrected chi connectivity index (χ0v) is 12.2. The topological polar surface area (TPSA) is 29.3 Å². The molecule has 0 radical (unpaired) electrons. The minimum atomic E-state index is 0.395. The Morgan fingerprint density at radius 2 is 1.67 bits per heavy atom. The highest BCUT2D eigenvalue weighted by Crippen LogP contribution is 2.25. The molecule has 1 aliphatic heterocycles. The van der Waals surface area contributed by atoms with Gasteiger partial charge in [0.2, 0.25) is 0 Å². The van der Waals surface area contributed by atoms with Gasteiger partial charge in [-0.2, -0.15) is 11.8 Å². The molecule has 18 heavy (non-hydrogen) atoms. The first-order valence-corrected chi connectivity index (χ1v) is 7.99. The second-order valence-corrected chi connectivity index (χ2v) is 6.45. The molecule has 1 atom stereocenters. The maximum atomic E-state index is 5.99. The molecule has 1 aliphatic rings. The molecule has 1 aromatic rings. The van der Waals surface area contributed by atoms with E-state index < -0.39 is 0 Å². The Bertz CT molecular complexity index is 355. The number of rotatable bonds is 4. The molecule has 1 aromatic carbocycles. The summed E-state index contributed by atoms with van der Waals surface area (Å²) in [6.07, 6.45) is 0. The second kappa shape index (κ2) is 6.60. The van der Waals surface area contributed by atoms with Crippen LogP contribution >= 0.6 is 11.8 Å². The van der Waals surface area contributed by atoms with Gasteiger partial charge in [-0.25, -0.2) is 0 Å². The maximum absolute atomic E-state index is 5.99. The third-order valence-electron chi connectivity index (χ3n) is 3.70. The molecule has 2 rings (SSSR count). The Kier molecular flexibility index (Phi) is 5.10. The van der Waals surface area contributed by atoms with Crippen molar-refractivity contribution in [2.24, 2.45) is 5.73 Å². The van der Waals surface area contributed by atoms with Gasteiger partial charge in [0.05, 0.1) is 0 Å². The van der Waals surface area contributed by atoms with Crippen LogP contribution in [0, 0.1) is 0 Å². The Labute approximate surface area is 115 Å². The smallest absolute Gasteiger partial charge is 0.0471 e. The average Bonchev–Trinajstić information content (AvgIpc) is 2.41. The van der Waals surface area contributed by atoms with Crippen molar-refractivity contribution in [3.05, 3.63) is 35.4 Å². The van der Waals surface area contributed by atoms with E-state index in [4.69, 9.17) is 5.73 Å². The highest BCUT2D eigenvalue weighted by atomic mass is 32.2. The number of benzene rings is 1. The van der Waals surface area contributed by atoms with Crippen LogP contribution in [0.2, 0.25) is 0 Å². The molecule has 3 heteroatoms. The lowest BCUT2D eigenvalue weighted by atomic mass is 9.98. The van der Waals surface area contributed by atoms with Crippen LogP contribution in [0.4, 0.5) is 0 Å². The fraction of sp³-hybridized carbons (Fsp3) is 0.600. The summed E-state index contributed by atoms with van der Waals surface area (Å²) in [6.45, 7) is 7.51. The zero-order chi connectivity index (χ0) is 13.0. The summed E-state index contributed by atoms with van der Waals surface area (Å²) in [6, 6.07) is 9.42. The molecule has 0 aromatic heterocycles. The van der Waals surface area contributed by atoms with Gasteiger partial charge in [-0.3, -0.25) is 4.90 Å². The van der Waals surface area contributed by atoms with Gasteiger partial charge in [-0.05, 0) is 17.0 Å². The first-order chi connectivity index (χ1) is 8.72. The van der Waals surface area contributed by atoms with Crippen molar-refractivity contribution in [3.8, 4) is 0 Å². The average molecular weight is 264 g/mol. The summed E-state index contributed by atoms with van der Waals surface area (Å²) >= 11 is 2.05. The van der Waals surface area contributed by atoms with Gasteiger partial charge < -0.3 is 5.73 Å². The van der Waals surface area contributed by atoms with Crippen molar-refractivity contribution in [1.82, 2.24) is 4.90 Å². The van der Waals surface area contributed by atoms with Crippen LogP contribution in [0.15, 0.2) is 24.3 Å². The molecule has 1 saturated heterocycles. The largest absolute Gasteiger partial charge is 0.329 e. The van der Waals surface area contributed by atoms with E-state index >= 15 is 0 Å². The Morgan fingerprint density at radius 3 is 2.17 bits per heavy atom. The number of hydrogen-bond donors (Lipinski definition) is 1. The molecule has 1 unspecified atom stereocenters. The highest BCUT2D eigenvalue weighted by molar-refractivity contribution is 7.99. The summed E-state index contributed by atoms with van der Waals surface area (Å²) in [5, 5.41) is 0. The lowest BCUT2D eigenvalue weighted by Gasteiger charge is -2.34. The van der Waals surface area contributed by atoms with Crippen molar-refractivity contribution in [3.63, 3.8) is 0 Å². The van der Waals surface area contributed by atoms with Gasteiger partial charge in [0.25, 0.3) is 0 Å². The van der Waals surface area contributed by atoms with Gasteiger partial charge >= 0.3 is 0 Å². The Balaban J connectivity index is 2.11. The van der Waals surface area contributed by atoms with Crippen molar-refractivity contribution < 1.29 is 0 Å². The van der Waals surface area contributed by atoms with E-state index in [1.165, 1.54) is 35.7 Å². The van der Waals surface area contributed by atoms with E-state index in [0.717, 1.165) is 0 Å². The minimum absolute atomic E-state index is 0.395. The maximum Gasteiger partial charge on any atom is 0.0471 e. The molecular formula is C15H24N2S. The molecule has 0 spiro atoms. The quantitative estimate of drug-likeness (QED) is 0.907. The van der Waals surface area contributed by atoms with Crippen LogP contribution < -0.4 is 5.73 Å². The third kappa shape index (κ3) is 3.28.